The number of hydrogen-bond donors (Lipinski definition) is 0. The maximum atomic E-state index is 12.1. The molecule has 116 valence electrons. The summed E-state index contributed by atoms with van der Waals surface area (Å²) in [5.41, 5.74) is -0.520. The van der Waals surface area contributed by atoms with Crippen molar-refractivity contribution in [3.05, 3.63) is 35.9 Å². The van der Waals surface area contributed by atoms with Gasteiger partial charge in [-0.1, -0.05) is 30.3 Å². The molecular formula is C17H24O4. The van der Waals surface area contributed by atoms with Gasteiger partial charge in [0.1, 0.15) is 13.2 Å². The van der Waals surface area contributed by atoms with Crippen LogP contribution in [0.25, 0.3) is 0 Å². The van der Waals surface area contributed by atoms with Gasteiger partial charge in [0.05, 0.1) is 10.8 Å². The molecule has 21 heavy (non-hydrogen) atoms. The lowest BCUT2D eigenvalue weighted by Gasteiger charge is -2.24. The summed E-state index contributed by atoms with van der Waals surface area (Å²) in [4.78, 5) is 23.8. The summed E-state index contributed by atoms with van der Waals surface area (Å²) in [5.74, 6) is -0.709. The molecular weight excluding hydrogens is 268 g/mol. The van der Waals surface area contributed by atoms with Gasteiger partial charge in [-0.3, -0.25) is 9.59 Å². The summed E-state index contributed by atoms with van der Waals surface area (Å²) in [6, 6.07) is 9.46. The van der Waals surface area contributed by atoms with E-state index in [4.69, 9.17) is 9.47 Å². The van der Waals surface area contributed by atoms with Gasteiger partial charge in [-0.05, 0) is 40.2 Å². The Kier molecular flexibility index (Phi) is 5.53. The van der Waals surface area contributed by atoms with Crippen molar-refractivity contribution in [1.82, 2.24) is 0 Å². The van der Waals surface area contributed by atoms with E-state index in [2.05, 4.69) is 0 Å². The maximum Gasteiger partial charge on any atom is 0.315 e. The molecule has 0 spiro atoms. The molecule has 0 saturated heterocycles. The van der Waals surface area contributed by atoms with Crippen LogP contribution in [0.3, 0.4) is 0 Å². The van der Waals surface area contributed by atoms with Crippen molar-refractivity contribution in [3.63, 3.8) is 0 Å². The zero-order chi connectivity index (χ0) is 16.1. The van der Waals surface area contributed by atoms with E-state index in [1.807, 2.05) is 30.3 Å². The third kappa shape index (κ3) is 5.58. The van der Waals surface area contributed by atoms with Crippen LogP contribution in [-0.2, 0) is 25.7 Å². The number of esters is 2. The third-order valence-electron chi connectivity index (χ3n) is 2.94. The molecule has 0 unspecified atom stereocenters. The molecule has 1 aromatic rings. The van der Waals surface area contributed by atoms with Crippen LogP contribution in [0.15, 0.2) is 30.3 Å². The van der Waals surface area contributed by atoms with E-state index in [9.17, 15) is 9.59 Å². The number of carbonyl (C=O) groups is 2. The third-order valence-corrected chi connectivity index (χ3v) is 2.94. The monoisotopic (exact) mass is 292 g/mol. The fourth-order valence-electron chi connectivity index (χ4n) is 1.44. The van der Waals surface area contributed by atoms with Crippen molar-refractivity contribution in [2.24, 2.45) is 10.8 Å². The average molecular weight is 292 g/mol. The van der Waals surface area contributed by atoms with E-state index in [1.54, 1.807) is 34.6 Å². The van der Waals surface area contributed by atoms with E-state index in [1.165, 1.54) is 0 Å². The summed E-state index contributed by atoms with van der Waals surface area (Å²) >= 11 is 0. The Morgan fingerprint density at radius 1 is 0.905 bits per heavy atom. The van der Waals surface area contributed by atoms with Crippen LogP contribution < -0.4 is 0 Å². The first-order valence-electron chi connectivity index (χ1n) is 7.01. The van der Waals surface area contributed by atoms with Gasteiger partial charge in [-0.15, -0.1) is 0 Å². The highest BCUT2D eigenvalue weighted by molar-refractivity contribution is 5.78. The van der Waals surface area contributed by atoms with Gasteiger partial charge in [-0.2, -0.15) is 0 Å². The fraction of sp³-hybridized carbons (Fsp3) is 0.529. The number of ether oxygens (including phenoxy) is 2. The highest BCUT2D eigenvalue weighted by Crippen LogP contribution is 2.22. The lowest BCUT2D eigenvalue weighted by Crippen LogP contribution is -2.35. The van der Waals surface area contributed by atoms with E-state index in [0.29, 0.717) is 0 Å². The molecule has 4 nitrogen and oxygen atoms in total. The topological polar surface area (TPSA) is 52.6 Å². The number of carbonyl (C=O) groups excluding carboxylic acids is 2. The fourth-order valence-corrected chi connectivity index (χ4v) is 1.44. The highest BCUT2D eigenvalue weighted by atomic mass is 16.6. The summed E-state index contributed by atoms with van der Waals surface area (Å²) < 4.78 is 10.5. The van der Waals surface area contributed by atoms with Crippen molar-refractivity contribution in [1.29, 1.82) is 0 Å². The second kappa shape index (κ2) is 6.74. The molecule has 1 rings (SSSR count). The van der Waals surface area contributed by atoms with Crippen molar-refractivity contribution >= 4 is 11.9 Å². The molecule has 0 aromatic heterocycles. The Labute approximate surface area is 126 Å². The van der Waals surface area contributed by atoms with Crippen molar-refractivity contribution in [2.75, 3.05) is 6.61 Å². The molecule has 0 aliphatic heterocycles. The van der Waals surface area contributed by atoms with Crippen LogP contribution in [0.5, 0.6) is 0 Å². The standard InChI is InChI=1S/C17H24O4/c1-16(2,3)14(18)21-12-17(4,5)15(19)20-11-13-9-7-6-8-10-13/h6-10H,11-12H2,1-5H3. The highest BCUT2D eigenvalue weighted by Gasteiger charge is 2.33. The second-order valence-corrected chi connectivity index (χ2v) is 6.77. The lowest BCUT2D eigenvalue weighted by molar-refractivity contribution is -0.166. The molecule has 0 saturated carbocycles. The Morgan fingerprint density at radius 2 is 1.48 bits per heavy atom. The minimum absolute atomic E-state index is 0.0106. The van der Waals surface area contributed by atoms with Gasteiger partial charge in [0.25, 0.3) is 0 Å². The zero-order valence-electron chi connectivity index (χ0n) is 13.4. The molecule has 0 aliphatic rings. The van der Waals surface area contributed by atoms with Crippen molar-refractivity contribution in [3.8, 4) is 0 Å². The SMILES string of the molecule is CC(C)(C)C(=O)OCC(C)(C)C(=O)OCc1ccccc1. The molecule has 0 aliphatic carbocycles. The number of benzene rings is 1. The molecule has 0 heterocycles. The molecule has 4 heteroatoms. The maximum absolute atomic E-state index is 12.1. The minimum atomic E-state index is -0.865. The molecule has 0 N–H and O–H groups in total. The summed E-state index contributed by atoms with van der Waals surface area (Å²) in [5, 5.41) is 0. The molecule has 0 atom stereocenters. The lowest BCUT2D eigenvalue weighted by atomic mass is 9.94. The normalized spacial score (nSPS) is 11.9. The van der Waals surface area contributed by atoms with E-state index >= 15 is 0 Å². The smallest absolute Gasteiger partial charge is 0.315 e. The van der Waals surface area contributed by atoms with Crippen molar-refractivity contribution < 1.29 is 19.1 Å². The first kappa shape index (κ1) is 17.2. The van der Waals surface area contributed by atoms with Gasteiger partial charge in [0.15, 0.2) is 0 Å². The Morgan fingerprint density at radius 3 is 2.00 bits per heavy atom. The molecule has 0 fully saturated rings. The molecule has 0 bridgehead atoms. The predicted molar refractivity (Wildman–Crippen MR) is 80.4 cm³/mol. The van der Waals surface area contributed by atoms with E-state index in [0.717, 1.165) is 5.56 Å². The average Bonchev–Trinajstić information content (AvgIpc) is 2.42. The summed E-state index contributed by atoms with van der Waals surface area (Å²) in [6.45, 7) is 8.96. The summed E-state index contributed by atoms with van der Waals surface area (Å²) in [7, 11) is 0. The van der Waals surface area contributed by atoms with Crippen LogP contribution >= 0.6 is 0 Å². The van der Waals surface area contributed by atoms with Crippen LogP contribution in [0.2, 0.25) is 0 Å². The Balaban J connectivity index is 2.50. The minimum Gasteiger partial charge on any atom is -0.464 e. The van der Waals surface area contributed by atoms with Gasteiger partial charge in [-0.25, -0.2) is 0 Å². The first-order valence-corrected chi connectivity index (χ1v) is 7.01. The largest absolute Gasteiger partial charge is 0.464 e. The second-order valence-electron chi connectivity index (χ2n) is 6.77. The number of hydrogen-bond acceptors (Lipinski definition) is 4. The van der Waals surface area contributed by atoms with Gasteiger partial charge >= 0.3 is 11.9 Å². The van der Waals surface area contributed by atoms with Gasteiger partial charge in [0.2, 0.25) is 0 Å². The summed E-state index contributed by atoms with van der Waals surface area (Å²) in [6.07, 6.45) is 0. The Bertz CT molecular complexity index is 483. The Hall–Kier alpha value is -1.84. The van der Waals surface area contributed by atoms with E-state index in [-0.39, 0.29) is 25.2 Å². The van der Waals surface area contributed by atoms with Crippen LogP contribution in [0.1, 0.15) is 40.2 Å². The quantitative estimate of drug-likeness (QED) is 0.781. The predicted octanol–water partition coefficient (Wildman–Crippen LogP) is 3.35. The van der Waals surface area contributed by atoms with Crippen molar-refractivity contribution in [2.45, 2.75) is 41.2 Å². The molecule has 0 amide bonds. The first-order chi connectivity index (χ1) is 9.63. The molecule has 0 radical (unpaired) electrons. The van der Waals surface area contributed by atoms with Crippen LogP contribution in [0.4, 0.5) is 0 Å². The van der Waals surface area contributed by atoms with Crippen LogP contribution in [0, 0.1) is 10.8 Å². The number of rotatable bonds is 5. The molecule has 1 aromatic carbocycles. The van der Waals surface area contributed by atoms with Gasteiger partial charge < -0.3 is 9.47 Å². The van der Waals surface area contributed by atoms with Gasteiger partial charge in [0, 0.05) is 0 Å². The zero-order valence-corrected chi connectivity index (χ0v) is 13.4. The van der Waals surface area contributed by atoms with Crippen LogP contribution in [-0.4, -0.2) is 18.5 Å². The van der Waals surface area contributed by atoms with E-state index < -0.39 is 10.8 Å².